The Morgan fingerprint density at radius 2 is 1.18 bits per heavy atom. The molecule has 10 rings (SSSR count). The number of aliphatic hydroxyl groups is 12. The lowest BCUT2D eigenvalue weighted by Gasteiger charge is -2.70. The number of allylic oxidation sites excluding steroid dienone is 1. The van der Waals surface area contributed by atoms with E-state index in [4.69, 9.17) is 42.6 Å². The average Bonchev–Trinajstić information content (AvgIpc) is 4.10. The second-order valence-corrected chi connectivity index (χ2v) is 25.9. The van der Waals surface area contributed by atoms with Crippen molar-refractivity contribution < 1.29 is 114 Å². The summed E-state index contributed by atoms with van der Waals surface area (Å²) < 4.78 is 55.0. The SMILES string of the molecule is C[C@@H]1OC(O[C@H]2C(O[C@H]3[C@H](O)[C@@H](OC4O[C@H](CO)[C@@H](O)[C@H](O)[C@H]4O)C(O[C@H]4CC[C@@]5(C)C(CC[C@]6(C)C5CC=C5C7CC(C)(C)C[C@H]8O[C@@]78CC[C@]56C)[C@@]4(C)CO)O[C@@H]3C(=O)O)O[C@H](CO)[C@@H](O)[C@@H]2O)[C@H](O)[C@H](O)[C@H]1O. The first-order valence-corrected chi connectivity index (χ1v) is 27.4. The maximum absolute atomic E-state index is 13.4. The Morgan fingerprint density at radius 3 is 1.82 bits per heavy atom. The van der Waals surface area contributed by atoms with Crippen LogP contribution in [0.3, 0.4) is 0 Å². The highest BCUT2D eigenvalue weighted by Crippen LogP contribution is 2.77. The van der Waals surface area contributed by atoms with Crippen LogP contribution in [0.2, 0.25) is 0 Å². The van der Waals surface area contributed by atoms with Gasteiger partial charge in [0.2, 0.25) is 0 Å². The highest BCUT2D eigenvalue weighted by Gasteiger charge is 2.74. The predicted molar refractivity (Wildman–Crippen MR) is 257 cm³/mol. The Hall–Kier alpha value is -1.63. The van der Waals surface area contributed by atoms with Crippen LogP contribution >= 0.6 is 0 Å². The first kappa shape index (κ1) is 57.6. The lowest BCUT2D eigenvalue weighted by Crippen LogP contribution is -2.69. The third-order valence-electron chi connectivity index (χ3n) is 21.3. The van der Waals surface area contributed by atoms with Gasteiger partial charge in [0.05, 0.1) is 38.1 Å². The zero-order valence-electron chi connectivity index (χ0n) is 44.4. The lowest BCUT2D eigenvalue weighted by molar-refractivity contribution is -0.401. The Labute approximate surface area is 441 Å². The molecule has 10 aliphatic rings. The molecule has 9 fully saturated rings. The maximum Gasteiger partial charge on any atom is 0.335 e. The highest BCUT2D eigenvalue weighted by molar-refractivity contribution is 5.73. The average molecular weight is 1090 g/mol. The van der Waals surface area contributed by atoms with Crippen molar-refractivity contribution in [2.45, 2.75) is 247 Å². The molecular formula is C53H84O23. The number of hydrogen-bond acceptors (Lipinski definition) is 22. The Balaban J connectivity index is 0.948. The topological polar surface area (TPSA) is 366 Å². The van der Waals surface area contributed by atoms with Crippen LogP contribution in [0.5, 0.6) is 0 Å². The third kappa shape index (κ3) is 8.91. The van der Waals surface area contributed by atoms with Crippen molar-refractivity contribution in [1.82, 2.24) is 0 Å². The summed E-state index contributed by atoms with van der Waals surface area (Å²) >= 11 is 0. The second kappa shape index (κ2) is 20.4. The molecule has 13 N–H and O–H groups in total. The summed E-state index contributed by atoms with van der Waals surface area (Å²) in [7, 11) is 0. The Morgan fingerprint density at radius 1 is 0.605 bits per heavy atom. The summed E-state index contributed by atoms with van der Waals surface area (Å²) in [5.41, 5.74) is 0.149. The van der Waals surface area contributed by atoms with Gasteiger partial charge in [-0.2, -0.15) is 0 Å². The van der Waals surface area contributed by atoms with Crippen molar-refractivity contribution >= 4 is 5.97 Å². The highest BCUT2D eigenvalue weighted by atomic mass is 16.8. The molecule has 7 unspecified atom stereocenters. The van der Waals surface area contributed by atoms with Crippen LogP contribution in [0.1, 0.15) is 106 Å². The quantitative estimate of drug-likeness (QED) is 0.0588. The Kier molecular flexibility index (Phi) is 15.4. The van der Waals surface area contributed by atoms with Gasteiger partial charge in [-0.1, -0.05) is 53.2 Å². The lowest BCUT2D eigenvalue weighted by atomic mass is 9.34. The molecule has 23 heteroatoms. The number of rotatable bonds is 12. The number of carbonyl (C=O) groups is 1. The van der Waals surface area contributed by atoms with Gasteiger partial charge in [0, 0.05) is 11.3 Å². The first-order chi connectivity index (χ1) is 35.6. The summed E-state index contributed by atoms with van der Waals surface area (Å²) in [6.07, 6.45) is -27.7. The fraction of sp³-hybridized carbons (Fsp3) is 0.943. The molecule has 76 heavy (non-hydrogen) atoms. The van der Waals surface area contributed by atoms with E-state index in [9.17, 15) is 71.2 Å². The molecule has 0 aromatic carbocycles. The minimum absolute atomic E-state index is 0.0683. The van der Waals surface area contributed by atoms with Crippen LogP contribution in [0.15, 0.2) is 11.6 Å². The van der Waals surface area contributed by atoms with E-state index in [1.54, 1.807) is 0 Å². The molecule has 0 bridgehead atoms. The molecule has 1 spiro atoms. The summed E-state index contributed by atoms with van der Waals surface area (Å²) in [5, 5.41) is 142. The normalized spacial score (nSPS) is 56.7. The van der Waals surface area contributed by atoms with E-state index in [-0.39, 0.29) is 45.7 Å². The van der Waals surface area contributed by atoms with Crippen LogP contribution in [0.25, 0.3) is 0 Å². The van der Waals surface area contributed by atoms with Crippen LogP contribution < -0.4 is 0 Å². The molecule has 5 aliphatic carbocycles. The number of epoxide rings is 1. The second-order valence-electron chi connectivity index (χ2n) is 25.9. The van der Waals surface area contributed by atoms with Crippen molar-refractivity contribution in [3.63, 3.8) is 0 Å². The molecule has 30 atom stereocenters. The van der Waals surface area contributed by atoms with E-state index in [1.807, 2.05) is 6.92 Å². The zero-order valence-corrected chi connectivity index (χ0v) is 44.4. The molecule has 0 aromatic rings. The summed E-state index contributed by atoms with van der Waals surface area (Å²) in [6.45, 7) is 13.1. The first-order valence-electron chi connectivity index (χ1n) is 27.4. The van der Waals surface area contributed by atoms with E-state index in [1.165, 1.54) is 12.5 Å². The van der Waals surface area contributed by atoms with E-state index in [0.29, 0.717) is 24.9 Å². The standard InChI is InChI=1S/C53H84O23/c1-21-30(57)33(60)36(63)44(68-21)73-40-35(62)32(59)25(19-55)70-46(40)72-39-38(65)41(74-45-37(64)34(61)31(58)24(18-54)69-45)47(75-42(39)43(66)67)71-28-11-12-49(4)26(50(28,5)20-56)10-13-52(7)27(49)9-8-22-23-16-48(2,3)17-29-53(23,76-29)15-14-51(22,52)6/h8,21,23-42,44-47,54-65H,9-20H2,1-7H3,(H,66,67)/t21-,23?,24+,25+,26?,27?,28-,29+,30-,31+,32+,33+,34-,35-,36+,37+,38-,39-,40+,41+,42-,44?,45?,46?,47?,49-,50+,51+,52+,53-/m0/s1. The molecule has 5 saturated heterocycles. The molecule has 434 valence electrons. The van der Waals surface area contributed by atoms with Crippen LogP contribution in [0.4, 0.5) is 0 Å². The van der Waals surface area contributed by atoms with Gasteiger partial charge in [0.15, 0.2) is 31.3 Å². The van der Waals surface area contributed by atoms with Gasteiger partial charge in [-0.25, -0.2) is 4.79 Å². The van der Waals surface area contributed by atoms with Gasteiger partial charge in [-0.3, -0.25) is 0 Å². The molecule has 0 amide bonds. The number of aliphatic carboxylic acids is 1. The van der Waals surface area contributed by atoms with Gasteiger partial charge in [-0.15, -0.1) is 0 Å². The van der Waals surface area contributed by atoms with E-state index in [0.717, 1.165) is 44.9 Å². The number of carboxylic acid groups (broad SMARTS) is 1. The van der Waals surface area contributed by atoms with Gasteiger partial charge < -0.3 is 109 Å². The zero-order chi connectivity index (χ0) is 55.1. The number of ether oxygens (including phenoxy) is 9. The fourth-order valence-electron chi connectivity index (χ4n) is 16.7. The van der Waals surface area contributed by atoms with Crippen molar-refractivity contribution in [2.24, 2.45) is 44.8 Å². The van der Waals surface area contributed by atoms with Gasteiger partial charge in [0.25, 0.3) is 0 Å². The minimum atomic E-state index is -2.20. The van der Waals surface area contributed by atoms with Crippen LogP contribution in [-0.2, 0) is 47.4 Å². The van der Waals surface area contributed by atoms with E-state index in [2.05, 4.69) is 40.7 Å². The number of aliphatic hydroxyl groups excluding tert-OH is 12. The third-order valence-corrected chi connectivity index (χ3v) is 21.3. The largest absolute Gasteiger partial charge is 0.479 e. The van der Waals surface area contributed by atoms with Crippen molar-refractivity contribution in [3.8, 4) is 0 Å². The van der Waals surface area contributed by atoms with Crippen molar-refractivity contribution in [3.05, 3.63) is 11.6 Å². The minimum Gasteiger partial charge on any atom is -0.479 e. The smallest absolute Gasteiger partial charge is 0.335 e. The molecular weight excluding hydrogens is 1000 g/mol. The summed E-state index contributed by atoms with van der Waals surface area (Å²) in [6, 6.07) is 0. The van der Waals surface area contributed by atoms with Crippen molar-refractivity contribution in [2.75, 3.05) is 19.8 Å². The van der Waals surface area contributed by atoms with Gasteiger partial charge in [0.1, 0.15) is 91.1 Å². The molecule has 0 radical (unpaired) electrons. The molecule has 5 aliphatic heterocycles. The molecule has 4 saturated carbocycles. The van der Waals surface area contributed by atoms with Gasteiger partial charge in [-0.05, 0) is 98.2 Å². The van der Waals surface area contributed by atoms with Crippen molar-refractivity contribution in [1.29, 1.82) is 0 Å². The fourth-order valence-corrected chi connectivity index (χ4v) is 16.7. The van der Waals surface area contributed by atoms with E-state index < -0.39 is 154 Å². The summed E-state index contributed by atoms with van der Waals surface area (Å²) in [5.74, 6) is -1.27. The summed E-state index contributed by atoms with van der Waals surface area (Å²) in [4.78, 5) is 13.4. The monoisotopic (exact) mass is 1090 g/mol. The number of carboxylic acids is 1. The van der Waals surface area contributed by atoms with Gasteiger partial charge >= 0.3 is 5.97 Å². The number of fused-ring (bicyclic) bond motifs is 6. The molecule has 5 heterocycles. The van der Waals surface area contributed by atoms with E-state index >= 15 is 0 Å². The van der Waals surface area contributed by atoms with Crippen LogP contribution in [0, 0.1) is 44.8 Å². The van der Waals surface area contributed by atoms with Crippen LogP contribution in [-0.4, -0.2) is 233 Å². The molecule has 23 nitrogen and oxygen atoms in total. The maximum atomic E-state index is 13.4. The Bertz CT molecular complexity index is 2150. The molecule has 0 aromatic heterocycles. The number of hydrogen-bond donors (Lipinski definition) is 13. The predicted octanol–water partition coefficient (Wildman–Crippen LogP) is -1.70.